The fourth-order valence-electron chi connectivity index (χ4n) is 4.04. The van der Waals surface area contributed by atoms with Crippen LogP contribution < -0.4 is 11.3 Å². The quantitative estimate of drug-likeness (QED) is 0.506. The summed E-state index contributed by atoms with van der Waals surface area (Å²) in [5, 5.41) is 0.986. The van der Waals surface area contributed by atoms with Crippen molar-refractivity contribution < 1.29 is 19.1 Å². The molecule has 2 N–H and O–H groups in total. The summed E-state index contributed by atoms with van der Waals surface area (Å²) < 4.78 is 12.2. The lowest BCUT2D eigenvalue weighted by Gasteiger charge is -2.26. The summed E-state index contributed by atoms with van der Waals surface area (Å²) in [5.41, 5.74) is 9.23. The highest BCUT2D eigenvalue weighted by Crippen LogP contribution is 2.36. The first-order chi connectivity index (χ1) is 14.8. The smallest absolute Gasteiger partial charge is 0.352 e. The van der Waals surface area contributed by atoms with Crippen molar-refractivity contribution in [2.24, 2.45) is 11.7 Å². The van der Waals surface area contributed by atoms with E-state index in [0.717, 1.165) is 16.5 Å². The fourth-order valence-corrected chi connectivity index (χ4v) is 4.04. The Hall–Kier alpha value is -3.52. The number of esters is 2. The average Bonchev–Trinajstić information content (AvgIpc) is 3.11. The van der Waals surface area contributed by atoms with Crippen molar-refractivity contribution in [2.75, 3.05) is 0 Å². The van der Waals surface area contributed by atoms with Crippen LogP contribution in [0.1, 0.15) is 36.6 Å². The minimum atomic E-state index is -1.33. The zero-order chi connectivity index (χ0) is 21.9. The minimum Gasteiger partial charge on any atom is -0.458 e. The summed E-state index contributed by atoms with van der Waals surface area (Å²) in [7, 11) is 0. The molecule has 2 aliphatic heterocycles. The second kappa shape index (κ2) is 7.02. The van der Waals surface area contributed by atoms with Crippen LogP contribution in [-0.4, -0.2) is 27.5 Å². The van der Waals surface area contributed by atoms with E-state index in [4.69, 9.17) is 20.2 Å². The second-order valence-corrected chi connectivity index (χ2v) is 8.24. The first kappa shape index (κ1) is 19.4. The number of benzene rings is 1. The number of aromatic nitrogens is 2. The molecular weight excluding hydrogens is 398 g/mol. The van der Waals surface area contributed by atoms with E-state index in [1.807, 2.05) is 30.3 Å². The van der Waals surface area contributed by atoms with E-state index in [2.05, 4.69) is 0 Å². The van der Waals surface area contributed by atoms with Gasteiger partial charge in [0.2, 0.25) is 6.10 Å². The monoisotopic (exact) mass is 419 g/mol. The van der Waals surface area contributed by atoms with E-state index < -0.39 is 24.1 Å². The molecule has 0 radical (unpaired) electrons. The maximum Gasteiger partial charge on any atom is 0.352 e. The zero-order valence-corrected chi connectivity index (χ0v) is 17.1. The van der Waals surface area contributed by atoms with E-state index in [1.165, 1.54) is 0 Å². The van der Waals surface area contributed by atoms with Crippen molar-refractivity contribution in [3.63, 3.8) is 0 Å². The molecule has 2 aliphatic rings. The first-order valence-electron chi connectivity index (χ1n) is 10.1. The van der Waals surface area contributed by atoms with Gasteiger partial charge in [0.1, 0.15) is 12.6 Å². The van der Waals surface area contributed by atoms with E-state index >= 15 is 0 Å². The van der Waals surface area contributed by atoms with Crippen molar-refractivity contribution >= 4 is 22.8 Å². The Balaban J connectivity index is 1.63. The predicted molar refractivity (Wildman–Crippen MR) is 112 cm³/mol. The van der Waals surface area contributed by atoms with Crippen LogP contribution >= 0.6 is 0 Å². The lowest BCUT2D eigenvalue weighted by atomic mass is 9.99. The van der Waals surface area contributed by atoms with Gasteiger partial charge in [-0.25, -0.2) is 9.78 Å². The molecule has 0 spiro atoms. The number of fused-ring (bicyclic) bond motifs is 5. The molecule has 3 aromatic rings. The number of cyclic esters (lactones) is 1. The summed E-state index contributed by atoms with van der Waals surface area (Å²) >= 11 is 0. The molecule has 4 heterocycles. The normalized spacial score (nSPS) is 17.7. The third-order valence-corrected chi connectivity index (χ3v) is 5.89. The molecule has 2 aromatic heterocycles. The van der Waals surface area contributed by atoms with E-state index in [9.17, 15) is 14.4 Å². The van der Waals surface area contributed by atoms with Gasteiger partial charge in [-0.2, -0.15) is 0 Å². The van der Waals surface area contributed by atoms with Crippen molar-refractivity contribution in [3.8, 4) is 11.4 Å². The fraction of sp³-hybridized carbons (Fsp3) is 0.304. The summed E-state index contributed by atoms with van der Waals surface area (Å²) in [6.07, 6.45) is -1.33. The Kier molecular flexibility index (Phi) is 4.40. The maximum absolute atomic E-state index is 13.2. The van der Waals surface area contributed by atoms with Gasteiger partial charge in [-0.3, -0.25) is 9.59 Å². The Morgan fingerprint density at radius 1 is 1.26 bits per heavy atom. The predicted octanol–water partition coefficient (Wildman–Crippen LogP) is 2.05. The molecule has 8 nitrogen and oxygen atoms in total. The molecule has 2 unspecified atom stereocenters. The van der Waals surface area contributed by atoms with Gasteiger partial charge in [-0.15, -0.1) is 0 Å². The van der Waals surface area contributed by atoms with Crippen LogP contribution in [0, 0.1) is 5.92 Å². The van der Waals surface area contributed by atoms with Crippen LogP contribution in [-0.2, 0) is 32.2 Å². The number of nitrogens with two attached hydrogens (primary N) is 1. The summed E-state index contributed by atoms with van der Waals surface area (Å²) in [4.78, 5) is 42.8. The average molecular weight is 419 g/mol. The summed E-state index contributed by atoms with van der Waals surface area (Å²) in [5.74, 6) is -1.60. The molecule has 0 aliphatic carbocycles. The Labute approximate surface area is 177 Å². The number of rotatable bonds is 3. The van der Waals surface area contributed by atoms with Gasteiger partial charge in [0.05, 0.1) is 29.0 Å². The molecule has 0 bridgehead atoms. The number of para-hydroxylation sites is 1. The van der Waals surface area contributed by atoms with E-state index in [0.29, 0.717) is 29.1 Å². The van der Waals surface area contributed by atoms with Crippen molar-refractivity contribution in [2.45, 2.75) is 39.1 Å². The molecule has 8 heteroatoms. The lowest BCUT2D eigenvalue weighted by Crippen LogP contribution is -2.40. The number of hydrogen-bond acceptors (Lipinski definition) is 7. The van der Waals surface area contributed by atoms with Gasteiger partial charge in [0.15, 0.2) is 0 Å². The Morgan fingerprint density at radius 3 is 2.81 bits per heavy atom. The van der Waals surface area contributed by atoms with E-state index in [1.54, 1.807) is 24.5 Å². The topological polar surface area (TPSA) is 114 Å². The Bertz CT molecular complexity index is 1310. The van der Waals surface area contributed by atoms with Gasteiger partial charge >= 0.3 is 11.9 Å². The standard InChI is InChI=1S/C23H21N3O5/c1-11(2)18(24)22(28)31-20-14-8-17-19-13(7-12-5-3-4-6-16(12)25-19)9-26(17)21(27)15(14)10-30-23(20)29/h3-8,11,18,20H,9-10,24H2,1-2H3. The molecule has 5 rings (SSSR count). The van der Waals surface area contributed by atoms with Gasteiger partial charge in [0.25, 0.3) is 5.56 Å². The zero-order valence-electron chi connectivity index (χ0n) is 17.1. The van der Waals surface area contributed by atoms with Gasteiger partial charge in [-0.1, -0.05) is 32.0 Å². The molecule has 0 fully saturated rings. The summed E-state index contributed by atoms with van der Waals surface area (Å²) in [6.45, 7) is 3.78. The van der Waals surface area contributed by atoms with Crippen molar-refractivity contribution in [3.05, 3.63) is 63.4 Å². The highest BCUT2D eigenvalue weighted by atomic mass is 16.6. The van der Waals surface area contributed by atoms with Crippen LogP contribution in [0.5, 0.6) is 0 Å². The van der Waals surface area contributed by atoms with Crippen LogP contribution in [0.15, 0.2) is 41.2 Å². The molecule has 0 saturated carbocycles. The number of carbonyl (C=O) groups is 2. The van der Waals surface area contributed by atoms with Gasteiger partial charge in [0, 0.05) is 16.5 Å². The van der Waals surface area contributed by atoms with E-state index in [-0.39, 0.29) is 18.1 Å². The maximum atomic E-state index is 13.2. The molecule has 158 valence electrons. The van der Waals surface area contributed by atoms with Gasteiger partial charge < -0.3 is 19.8 Å². The highest BCUT2D eigenvalue weighted by molar-refractivity contribution is 5.86. The van der Waals surface area contributed by atoms with Crippen LogP contribution in [0.3, 0.4) is 0 Å². The molecule has 31 heavy (non-hydrogen) atoms. The highest BCUT2D eigenvalue weighted by Gasteiger charge is 2.38. The summed E-state index contributed by atoms with van der Waals surface area (Å²) in [6, 6.07) is 10.6. The number of hydrogen-bond donors (Lipinski definition) is 1. The number of pyridine rings is 2. The third kappa shape index (κ3) is 3.02. The van der Waals surface area contributed by atoms with Crippen LogP contribution in [0.2, 0.25) is 0 Å². The number of carbonyl (C=O) groups excluding carboxylic acids is 2. The molecule has 2 atom stereocenters. The van der Waals surface area contributed by atoms with Crippen LogP contribution in [0.25, 0.3) is 22.3 Å². The van der Waals surface area contributed by atoms with Crippen molar-refractivity contribution in [1.82, 2.24) is 9.55 Å². The third-order valence-electron chi connectivity index (χ3n) is 5.89. The second-order valence-electron chi connectivity index (χ2n) is 8.24. The molecule has 1 aromatic carbocycles. The van der Waals surface area contributed by atoms with Crippen molar-refractivity contribution in [1.29, 1.82) is 0 Å². The first-order valence-corrected chi connectivity index (χ1v) is 10.1. The molecule has 0 amide bonds. The molecular formula is C23H21N3O5. The van der Waals surface area contributed by atoms with Crippen LogP contribution in [0.4, 0.5) is 0 Å². The number of ether oxygens (including phenoxy) is 2. The Morgan fingerprint density at radius 2 is 2.03 bits per heavy atom. The SMILES string of the molecule is CC(C)C(N)C(=O)OC1C(=O)OCc2c1cc1n(c2=O)Cc2cc3ccccc3nc2-1. The molecule has 0 saturated heterocycles. The lowest BCUT2D eigenvalue weighted by molar-refractivity contribution is -0.173. The largest absolute Gasteiger partial charge is 0.458 e. The number of nitrogens with zero attached hydrogens (tertiary/aromatic N) is 2. The van der Waals surface area contributed by atoms with Gasteiger partial charge in [-0.05, 0) is 24.1 Å². The minimum absolute atomic E-state index is 0.163.